The summed E-state index contributed by atoms with van der Waals surface area (Å²) >= 11 is 1.57. The molecule has 0 bridgehead atoms. The second-order valence-electron chi connectivity index (χ2n) is 3.20. The van der Waals surface area contributed by atoms with Gasteiger partial charge in [0.25, 0.3) is 0 Å². The molecule has 0 aliphatic carbocycles. The largest absolute Gasteiger partial charge is 0.386 e. The number of thiophene rings is 1. The first-order valence-electron chi connectivity index (χ1n) is 4.76. The zero-order chi connectivity index (χ0) is 10.5. The molecule has 4 nitrogen and oxygen atoms in total. The Kier molecular flexibility index (Phi) is 3.49. The predicted molar refractivity (Wildman–Crippen MR) is 59.6 cm³/mol. The fourth-order valence-corrected chi connectivity index (χ4v) is 2.02. The summed E-state index contributed by atoms with van der Waals surface area (Å²) in [5, 5.41) is 14.9. The van der Waals surface area contributed by atoms with Crippen molar-refractivity contribution in [3.05, 3.63) is 40.6 Å². The van der Waals surface area contributed by atoms with Crippen molar-refractivity contribution in [1.82, 2.24) is 15.3 Å². The predicted octanol–water partition coefficient (Wildman–Crippen LogP) is 1.29. The minimum absolute atomic E-state index is 0.431. The van der Waals surface area contributed by atoms with Crippen molar-refractivity contribution in [3.8, 4) is 0 Å². The van der Waals surface area contributed by atoms with Crippen LogP contribution in [0.2, 0.25) is 0 Å². The van der Waals surface area contributed by atoms with Gasteiger partial charge < -0.3 is 15.4 Å². The van der Waals surface area contributed by atoms with Gasteiger partial charge in [-0.25, -0.2) is 4.98 Å². The maximum atomic E-state index is 9.76. The lowest BCUT2D eigenvalue weighted by molar-refractivity contribution is 0.178. The minimum atomic E-state index is -0.431. The number of hydrogen-bond donors (Lipinski definition) is 3. The zero-order valence-electron chi connectivity index (χ0n) is 8.18. The molecule has 5 heteroatoms. The molecule has 80 valence electrons. The Hall–Kier alpha value is -1.17. The Bertz CT molecular complexity index is 371. The Morgan fingerprint density at radius 3 is 3.20 bits per heavy atom. The standard InChI is InChI=1S/C10H13N3OS/c14-8(9-2-1-5-15-9)6-11-7-10-12-3-4-13-10/h1-5,8,11,14H,6-7H2,(H,12,13). The van der Waals surface area contributed by atoms with Gasteiger partial charge in [-0.15, -0.1) is 11.3 Å². The molecule has 0 aromatic carbocycles. The van der Waals surface area contributed by atoms with Gasteiger partial charge in [0.1, 0.15) is 11.9 Å². The Labute approximate surface area is 92.0 Å². The second-order valence-corrected chi connectivity index (χ2v) is 4.18. The van der Waals surface area contributed by atoms with Crippen LogP contribution in [-0.2, 0) is 6.54 Å². The maximum absolute atomic E-state index is 9.76. The smallest absolute Gasteiger partial charge is 0.120 e. The number of rotatable bonds is 5. The highest BCUT2D eigenvalue weighted by molar-refractivity contribution is 7.10. The van der Waals surface area contributed by atoms with Gasteiger partial charge in [-0.2, -0.15) is 0 Å². The van der Waals surface area contributed by atoms with Gasteiger partial charge in [0.2, 0.25) is 0 Å². The van der Waals surface area contributed by atoms with Gasteiger partial charge in [0.15, 0.2) is 0 Å². The van der Waals surface area contributed by atoms with Crippen LogP contribution in [0.15, 0.2) is 29.9 Å². The van der Waals surface area contributed by atoms with Crippen molar-refractivity contribution in [1.29, 1.82) is 0 Å². The molecule has 1 unspecified atom stereocenters. The molecule has 0 saturated carbocycles. The summed E-state index contributed by atoms with van der Waals surface area (Å²) in [5.74, 6) is 0.883. The van der Waals surface area contributed by atoms with E-state index in [4.69, 9.17) is 0 Å². The van der Waals surface area contributed by atoms with Crippen LogP contribution in [0, 0.1) is 0 Å². The monoisotopic (exact) mass is 223 g/mol. The molecular formula is C10H13N3OS. The first kappa shape index (κ1) is 10.4. The molecule has 0 radical (unpaired) electrons. The SMILES string of the molecule is OC(CNCc1ncc[nH]1)c1cccs1. The van der Waals surface area contributed by atoms with Crippen molar-refractivity contribution >= 4 is 11.3 Å². The van der Waals surface area contributed by atoms with E-state index in [0.29, 0.717) is 13.1 Å². The lowest BCUT2D eigenvalue weighted by Crippen LogP contribution is -2.21. The molecule has 0 amide bonds. The van der Waals surface area contributed by atoms with Crippen LogP contribution in [-0.4, -0.2) is 21.6 Å². The van der Waals surface area contributed by atoms with E-state index in [-0.39, 0.29) is 0 Å². The Morgan fingerprint density at radius 2 is 2.53 bits per heavy atom. The second kappa shape index (κ2) is 5.06. The van der Waals surface area contributed by atoms with Gasteiger partial charge in [-0.1, -0.05) is 6.07 Å². The highest BCUT2D eigenvalue weighted by Crippen LogP contribution is 2.17. The van der Waals surface area contributed by atoms with E-state index in [1.54, 1.807) is 23.7 Å². The molecule has 2 aromatic rings. The number of nitrogens with one attached hydrogen (secondary N) is 2. The number of hydrogen-bond acceptors (Lipinski definition) is 4. The van der Waals surface area contributed by atoms with Gasteiger partial charge >= 0.3 is 0 Å². The fraction of sp³-hybridized carbons (Fsp3) is 0.300. The van der Waals surface area contributed by atoms with E-state index in [9.17, 15) is 5.11 Å². The number of imidazole rings is 1. The van der Waals surface area contributed by atoms with Crippen LogP contribution < -0.4 is 5.32 Å². The highest BCUT2D eigenvalue weighted by Gasteiger charge is 2.07. The third-order valence-electron chi connectivity index (χ3n) is 2.06. The van der Waals surface area contributed by atoms with Gasteiger partial charge in [0, 0.05) is 23.8 Å². The molecule has 0 aliphatic heterocycles. The number of H-pyrrole nitrogens is 1. The fourth-order valence-electron chi connectivity index (χ4n) is 1.30. The summed E-state index contributed by atoms with van der Waals surface area (Å²) in [4.78, 5) is 8.06. The van der Waals surface area contributed by atoms with Crippen molar-refractivity contribution in [3.63, 3.8) is 0 Å². The van der Waals surface area contributed by atoms with Crippen LogP contribution in [0.25, 0.3) is 0 Å². The number of aromatic nitrogens is 2. The lowest BCUT2D eigenvalue weighted by Gasteiger charge is -2.08. The Balaban J connectivity index is 1.74. The van der Waals surface area contributed by atoms with E-state index < -0.39 is 6.10 Å². The number of nitrogens with zero attached hydrogens (tertiary/aromatic N) is 1. The van der Waals surface area contributed by atoms with E-state index >= 15 is 0 Å². The van der Waals surface area contributed by atoms with Gasteiger partial charge in [-0.05, 0) is 11.4 Å². The molecule has 1 atom stereocenters. The molecule has 2 heterocycles. The summed E-state index contributed by atoms with van der Waals surface area (Å²) in [6.45, 7) is 1.19. The average Bonchev–Trinajstić information content (AvgIpc) is 2.90. The normalized spacial score (nSPS) is 12.9. The van der Waals surface area contributed by atoms with Gasteiger partial charge in [-0.3, -0.25) is 0 Å². The number of aromatic amines is 1. The molecule has 2 aromatic heterocycles. The first-order valence-corrected chi connectivity index (χ1v) is 5.64. The van der Waals surface area contributed by atoms with Crippen molar-refractivity contribution in [2.45, 2.75) is 12.6 Å². The summed E-state index contributed by atoms with van der Waals surface area (Å²) in [6, 6.07) is 3.87. The molecule has 3 N–H and O–H groups in total. The van der Waals surface area contributed by atoms with Crippen LogP contribution >= 0.6 is 11.3 Å². The van der Waals surface area contributed by atoms with Crippen LogP contribution in [0.1, 0.15) is 16.8 Å². The lowest BCUT2D eigenvalue weighted by atomic mass is 10.3. The third-order valence-corrected chi connectivity index (χ3v) is 3.03. The summed E-state index contributed by atoms with van der Waals surface area (Å²) < 4.78 is 0. The van der Waals surface area contributed by atoms with Crippen LogP contribution in [0.5, 0.6) is 0 Å². The highest BCUT2D eigenvalue weighted by atomic mass is 32.1. The average molecular weight is 223 g/mol. The van der Waals surface area contributed by atoms with Crippen LogP contribution in [0.4, 0.5) is 0 Å². The third kappa shape index (κ3) is 2.89. The van der Waals surface area contributed by atoms with Crippen molar-refractivity contribution < 1.29 is 5.11 Å². The first-order chi connectivity index (χ1) is 7.36. The minimum Gasteiger partial charge on any atom is -0.386 e. The molecule has 0 aliphatic rings. The van der Waals surface area contributed by atoms with E-state index in [1.807, 2.05) is 17.5 Å². The van der Waals surface area contributed by atoms with E-state index in [1.165, 1.54) is 0 Å². The molecule has 0 spiro atoms. The van der Waals surface area contributed by atoms with Gasteiger partial charge in [0.05, 0.1) is 6.54 Å². The number of aliphatic hydroxyl groups excluding tert-OH is 1. The molecule has 0 saturated heterocycles. The Morgan fingerprint density at radius 1 is 1.60 bits per heavy atom. The quantitative estimate of drug-likeness (QED) is 0.716. The van der Waals surface area contributed by atoms with Crippen molar-refractivity contribution in [2.75, 3.05) is 6.54 Å². The van der Waals surface area contributed by atoms with Crippen molar-refractivity contribution in [2.24, 2.45) is 0 Å². The molecule has 15 heavy (non-hydrogen) atoms. The molecule has 2 rings (SSSR count). The zero-order valence-corrected chi connectivity index (χ0v) is 9.00. The van der Waals surface area contributed by atoms with E-state index in [0.717, 1.165) is 10.7 Å². The topological polar surface area (TPSA) is 60.9 Å². The van der Waals surface area contributed by atoms with Crippen LogP contribution in [0.3, 0.4) is 0 Å². The maximum Gasteiger partial charge on any atom is 0.120 e. The molecular weight excluding hydrogens is 210 g/mol. The summed E-state index contributed by atoms with van der Waals surface area (Å²) in [6.07, 6.45) is 3.07. The number of aliphatic hydroxyl groups is 1. The summed E-state index contributed by atoms with van der Waals surface area (Å²) in [5.41, 5.74) is 0. The molecule has 0 fully saturated rings. The van der Waals surface area contributed by atoms with E-state index in [2.05, 4.69) is 15.3 Å². The summed E-state index contributed by atoms with van der Waals surface area (Å²) in [7, 11) is 0.